The van der Waals surface area contributed by atoms with Crippen LogP contribution in [0.2, 0.25) is 0 Å². The van der Waals surface area contributed by atoms with Crippen LogP contribution in [0.4, 0.5) is 15.8 Å². The molecule has 5 heteroatoms. The zero-order chi connectivity index (χ0) is 14.4. The summed E-state index contributed by atoms with van der Waals surface area (Å²) in [5.41, 5.74) is 1.63. The van der Waals surface area contributed by atoms with Crippen molar-refractivity contribution in [2.45, 2.75) is 0 Å². The van der Waals surface area contributed by atoms with Gasteiger partial charge in [0, 0.05) is 18.4 Å². The molecular weight excluding hydrogens is 257 g/mol. The Labute approximate surface area is 116 Å². The molecule has 0 bridgehead atoms. The molecule has 2 aromatic rings. The van der Waals surface area contributed by atoms with Crippen molar-refractivity contribution in [2.24, 2.45) is 0 Å². The van der Waals surface area contributed by atoms with Crippen LogP contribution in [-0.4, -0.2) is 17.4 Å². The first kappa shape index (κ1) is 13.7. The summed E-state index contributed by atoms with van der Waals surface area (Å²) < 4.78 is 13.1. The van der Waals surface area contributed by atoms with Crippen molar-refractivity contribution >= 4 is 17.3 Å². The maximum absolute atomic E-state index is 13.1. The lowest BCUT2D eigenvalue weighted by Gasteiger charge is -2.08. The summed E-state index contributed by atoms with van der Waals surface area (Å²) in [6.07, 6.45) is 4.63. The number of hydrogen-bond donors (Lipinski definition) is 2. The van der Waals surface area contributed by atoms with E-state index in [0.717, 1.165) is 0 Å². The fourth-order valence-electron chi connectivity index (χ4n) is 1.63. The lowest BCUT2D eigenvalue weighted by atomic mass is 10.2. The third kappa shape index (κ3) is 3.65. The van der Waals surface area contributed by atoms with Gasteiger partial charge in [-0.1, -0.05) is 12.1 Å². The van der Waals surface area contributed by atoms with Crippen molar-refractivity contribution in [3.05, 3.63) is 66.8 Å². The lowest BCUT2D eigenvalue weighted by molar-refractivity contribution is 0.0957. The minimum atomic E-state index is -0.331. The Morgan fingerprint density at radius 2 is 2.15 bits per heavy atom. The van der Waals surface area contributed by atoms with E-state index in [-0.39, 0.29) is 11.7 Å². The number of carbonyl (C=O) groups excluding carboxylic acids is 1. The van der Waals surface area contributed by atoms with Gasteiger partial charge in [-0.2, -0.15) is 0 Å². The van der Waals surface area contributed by atoms with Crippen molar-refractivity contribution in [2.75, 3.05) is 11.9 Å². The number of benzene rings is 1. The third-order valence-electron chi connectivity index (χ3n) is 2.52. The summed E-state index contributed by atoms with van der Waals surface area (Å²) in [4.78, 5) is 15.8. The first-order chi connectivity index (χ1) is 9.69. The van der Waals surface area contributed by atoms with Crippen LogP contribution in [0, 0.1) is 5.82 Å². The van der Waals surface area contributed by atoms with Crippen LogP contribution in [0.3, 0.4) is 0 Å². The second-order valence-corrected chi connectivity index (χ2v) is 4.10. The number of nitrogens with one attached hydrogen (secondary N) is 2. The van der Waals surface area contributed by atoms with Gasteiger partial charge in [-0.05, 0) is 24.3 Å². The second-order valence-electron chi connectivity index (χ2n) is 4.10. The highest BCUT2D eigenvalue weighted by Crippen LogP contribution is 2.17. The first-order valence-electron chi connectivity index (χ1n) is 6.06. The summed E-state index contributed by atoms with van der Waals surface area (Å²) in [6.45, 7) is 3.92. The van der Waals surface area contributed by atoms with Gasteiger partial charge in [0.1, 0.15) is 5.82 Å². The third-order valence-corrected chi connectivity index (χ3v) is 2.52. The van der Waals surface area contributed by atoms with Gasteiger partial charge in [-0.25, -0.2) is 4.39 Å². The molecule has 0 radical (unpaired) electrons. The van der Waals surface area contributed by atoms with Crippen LogP contribution >= 0.6 is 0 Å². The highest BCUT2D eigenvalue weighted by atomic mass is 19.1. The Kier molecular flexibility index (Phi) is 4.44. The smallest absolute Gasteiger partial charge is 0.253 e. The van der Waals surface area contributed by atoms with Gasteiger partial charge in [0.05, 0.1) is 17.4 Å². The quantitative estimate of drug-likeness (QED) is 0.822. The second kappa shape index (κ2) is 6.47. The Hall–Kier alpha value is -2.69. The minimum Gasteiger partial charge on any atom is -0.354 e. The molecular formula is C15H14FN3O. The number of halogens is 1. The van der Waals surface area contributed by atoms with Gasteiger partial charge in [-0.3, -0.25) is 9.78 Å². The summed E-state index contributed by atoms with van der Waals surface area (Å²) in [6, 6.07) is 7.71. The zero-order valence-electron chi connectivity index (χ0n) is 10.8. The minimum absolute atomic E-state index is 0.236. The average molecular weight is 271 g/mol. The Morgan fingerprint density at radius 1 is 1.30 bits per heavy atom. The molecule has 1 aromatic carbocycles. The monoisotopic (exact) mass is 271 g/mol. The van der Waals surface area contributed by atoms with Crippen molar-refractivity contribution in [3.8, 4) is 0 Å². The summed E-state index contributed by atoms with van der Waals surface area (Å²) >= 11 is 0. The molecule has 2 rings (SSSR count). The number of nitrogens with zero attached hydrogens (tertiary/aromatic N) is 1. The van der Waals surface area contributed by atoms with Crippen molar-refractivity contribution in [3.63, 3.8) is 0 Å². The van der Waals surface area contributed by atoms with E-state index in [1.165, 1.54) is 18.3 Å². The van der Waals surface area contributed by atoms with Gasteiger partial charge < -0.3 is 10.6 Å². The molecule has 1 aromatic heterocycles. The van der Waals surface area contributed by atoms with E-state index in [4.69, 9.17) is 0 Å². The highest BCUT2D eigenvalue weighted by molar-refractivity contribution is 5.94. The SMILES string of the molecule is C=CCNC(=O)c1cncc(Nc2cccc(F)c2)c1. The van der Waals surface area contributed by atoms with E-state index in [9.17, 15) is 9.18 Å². The largest absolute Gasteiger partial charge is 0.354 e. The number of anilines is 2. The Balaban J connectivity index is 2.13. The molecule has 1 amide bonds. The van der Waals surface area contributed by atoms with Gasteiger partial charge in [0.15, 0.2) is 0 Å². The molecule has 0 aliphatic rings. The predicted molar refractivity (Wildman–Crippen MR) is 76.4 cm³/mol. The molecule has 0 fully saturated rings. The van der Waals surface area contributed by atoms with Crippen molar-refractivity contribution in [1.29, 1.82) is 0 Å². The van der Waals surface area contributed by atoms with E-state index in [1.54, 1.807) is 30.5 Å². The van der Waals surface area contributed by atoms with Crippen molar-refractivity contribution < 1.29 is 9.18 Å². The molecule has 0 aliphatic carbocycles. The van der Waals surface area contributed by atoms with Crippen LogP contribution in [0.25, 0.3) is 0 Å². The number of hydrogen-bond acceptors (Lipinski definition) is 3. The highest BCUT2D eigenvalue weighted by Gasteiger charge is 2.06. The van der Waals surface area contributed by atoms with E-state index in [2.05, 4.69) is 22.2 Å². The van der Waals surface area contributed by atoms with Gasteiger partial charge in [-0.15, -0.1) is 6.58 Å². The topological polar surface area (TPSA) is 54.0 Å². The fourth-order valence-corrected chi connectivity index (χ4v) is 1.63. The first-order valence-corrected chi connectivity index (χ1v) is 6.06. The molecule has 0 atom stereocenters. The van der Waals surface area contributed by atoms with Crippen LogP contribution in [0.5, 0.6) is 0 Å². The van der Waals surface area contributed by atoms with Crippen LogP contribution in [0.1, 0.15) is 10.4 Å². The van der Waals surface area contributed by atoms with Crippen LogP contribution < -0.4 is 10.6 Å². The van der Waals surface area contributed by atoms with E-state index < -0.39 is 0 Å². The summed E-state index contributed by atoms with van der Waals surface area (Å²) in [5.74, 6) is -0.567. The van der Waals surface area contributed by atoms with E-state index >= 15 is 0 Å². The number of pyridine rings is 1. The maximum Gasteiger partial charge on any atom is 0.253 e. The van der Waals surface area contributed by atoms with Crippen molar-refractivity contribution in [1.82, 2.24) is 10.3 Å². The van der Waals surface area contributed by atoms with Gasteiger partial charge in [0.25, 0.3) is 5.91 Å². The van der Waals surface area contributed by atoms with Crippen LogP contribution in [0.15, 0.2) is 55.4 Å². The molecule has 2 N–H and O–H groups in total. The number of aromatic nitrogens is 1. The summed E-state index contributed by atoms with van der Waals surface area (Å²) in [5, 5.41) is 5.66. The molecule has 0 unspecified atom stereocenters. The Bertz CT molecular complexity index is 628. The lowest BCUT2D eigenvalue weighted by Crippen LogP contribution is -2.23. The zero-order valence-corrected chi connectivity index (χ0v) is 10.8. The average Bonchev–Trinajstić information content (AvgIpc) is 2.45. The van der Waals surface area contributed by atoms with Crippen LogP contribution in [-0.2, 0) is 0 Å². The standard InChI is InChI=1S/C15H14FN3O/c1-2-6-18-15(20)11-7-14(10-17-9-11)19-13-5-3-4-12(16)8-13/h2-5,7-10,19H,1,6H2,(H,18,20). The number of rotatable bonds is 5. The molecule has 0 saturated carbocycles. The molecule has 4 nitrogen and oxygen atoms in total. The van der Waals surface area contributed by atoms with E-state index in [0.29, 0.717) is 23.5 Å². The Morgan fingerprint density at radius 3 is 2.90 bits per heavy atom. The summed E-state index contributed by atoms with van der Waals surface area (Å²) in [7, 11) is 0. The normalized spacial score (nSPS) is 9.85. The molecule has 0 spiro atoms. The molecule has 20 heavy (non-hydrogen) atoms. The fraction of sp³-hybridized carbons (Fsp3) is 0.0667. The molecule has 0 aliphatic heterocycles. The maximum atomic E-state index is 13.1. The molecule has 1 heterocycles. The number of amides is 1. The molecule has 102 valence electrons. The van der Waals surface area contributed by atoms with E-state index in [1.807, 2.05) is 0 Å². The number of carbonyl (C=O) groups is 1. The van der Waals surface area contributed by atoms with Gasteiger partial charge in [0.2, 0.25) is 0 Å². The van der Waals surface area contributed by atoms with Gasteiger partial charge >= 0.3 is 0 Å². The predicted octanol–water partition coefficient (Wildman–Crippen LogP) is 2.88. The molecule has 0 saturated heterocycles.